The molecule has 0 aromatic carbocycles. The van der Waals surface area contributed by atoms with Gasteiger partial charge in [-0.05, 0) is 6.07 Å². The molecule has 0 saturated carbocycles. The zero-order valence-electron chi connectivity index (χ0n) is 7.05. The van der Waals surface area contributed by atoms with E-state index in [-0.39, 0.29) is 12.2 Å². The number of aromatic nitrogens is 1. The normalized spacial score (nSPS) is 10.2. The first kappa shape index (κ1) is 10.3. The fourth-order valence-electron chi connectivity index (χ4n) is 1.03. The highest BCUT2D eigenvalue weighted by molar-refractivity contribution is 5.37. The van der Waals surface area contributed by atoms with Gasteiger partial charge in [-0.1, -0.05) is 0 Å². The summed E-state index contributed by atoms with van der Waals surface area (Å²) in [5.41, 5.74) is 3.41. The van der Waals surface area contributed by atoms with Crippen LogP contribution in [-0.2, 0) is 6.54 Å². The highest BCUT2D eigenvalue weighted by atomic mass is 19.3. The molecule has 4 nitrogen and oxygen atoms in total. The Morgan fingerprint density at radius 1 is 1.64 bits per heavy atom. The van der Waals surface area contributed by atoms with Crippen molar-refractivity contribution < 1.29 is 8.78 Å². The SMILES string of the molecule is N#Cc1c(C(F)F)cc(CN)[nH]c1=O. The molecule has 0 aliphatic carbocycles. The molecule has 14 heavy (non-hydrogen) atoms. The number of aromatic amines is 1. The Bertz CT molecular complexity index is 433. The van der Waals surface area contributed by atoms with E-state index < -0.39 is 23.1 Å². The average molecular weight is 199 g/mol. The van der Waals surface area contributed by atoms with Crippen LogP contribution in [0.5, 0.6) is 0 Å². The molecule has 1 aromatic heterocycles. The van der Waals surface area contributed by atoms with Crippen molar-refractivity contribution in [2.75, 3.05) is 0 Å². The average Bonchev–Trinajstić information content (AvgIpc) is 2.16. The van der Waals surface area contributed by atoms with Gasteiger partial charge in [0.1, 0.15) is 11.6 Å². The summed E-state index contributed by atoms with van der Waals surface area (Å²) in [6.45, 7) is -0.0549. The van der Waals surface area contributed by atoms with E-state index in [1.54, 1.807) is 0 Å². The fraction of sp³-hybridized carbons (Fsp3) is 0.250. The number of nitrogens with zero attached hydrogens (tertiary/aromatic N) is 1. The Hall–Kier alpha value is -1.74. The summed E-state index contributed by atoms with van der Waals surface area (Å²) in [5, 5.41) is 8.48. The van der Waals surface area contributed by atoms with Gasteiger partial charge in [-0.15, -0.1) is 0 Å². The summed E-state index contributed by atoms with van der Waals surface area (Å²) in [6.07, 6.45) is -2.85. The van der Waals surface area contributed by atoms with Crippen LogP contribution < -0.4 is 11.3 Å². The zero-order chi connectivity index (χ0) is 10.7. The monoisotopic (exact) mass is 199 g/mol. The fourth-order valence-corrected chi connectivity index (χ4v) is 1.03. The van der Waals surface area contributed by atoms with Gasteiger partial charge in [0.05, 0.1) is 0 Å². The van der Waals surface area contributed by atoms with Crippen LogP contribution in [0, 0.1) is 11.3 Å². The van der Waals surface area contributed by atoms with Gasteiger partial charge < -0.3 is 10.7 Å². The molecule has 0 unspecified atom stereocenters. The smallest absolute Gasteiger partial charge is 0.266 e. The van der Waals surface area contributed by atoms with E-state index in [2.05, 4.69) is 4.98 Å². The minimum atomic E-state index is -2.85. The van der Waals surface area contributed by atoms with Crippen LogP contribution in [0.15, 0.2) is 10.9 Å². The van der Waals surface area contributed by atoms with Gasteiger partial charge in [0.25, 0.3) is 12.0 Å². The number of H-pyrrole nitrogens is 1. The number of nitrogens with one attached hydrogen (secondary N) is 1. The van der Waals surface area contributed by atoms with Gasteiger partial charge in [0.2, 0.25) is 0 Å². The summed E-state index contributed by atoms with van der Waals surface area (Å²) in [6, 6.07) is 2.46. The van der Waals surface area contributed by atoms with Gasteiger partial charge >= 0.3 is 0 Å². The number of hydrogen-bond acceptors (Lipinski definition) is 3. The molecule has 0 saturated heterocycles. The molecule has 0 bridgehead atoms. The number of pyridine rings is 1. The van der Waals surface area contributed by atoms with Gasteiger partial charge in [0.15, 0.2) is 0 Å². The summed E-state index contributed by atoms with van der Waals surface area (Å²) in [5.74, 6) is 0. The summed E-state index contributed by atoms with van der Waals surface area (Å²) in [7, 11) is 0. The Labute approximate surface area is 78.0 Å². The molecular weight excluding hydrogens is 192 g/mol. The highest BCUT2D eigenvalue weighted by Gasteiger charge is 2.16. The van der Waals surface area contributed by atoms with E-state index in [1.165, 1.54) is 6.07 Å². The Morgan fingerprint density at radius 2 is 2.29 bits per heavy atom. The molecule has 1 aromatic rings. The van der Waals surface area contributed by atoms with Gasteiger partial charge in [-0.25, -0.2) is 8.78 Å². The van der Waals surface area contributed by atoms with Crippen molar-refractivity contribution in [1.82, 2.24) is 4.98 Å². The van der Waals surface area contributed by atoms with Crippen LogP contribution in [0.3, 0.4) is 0 Å². The van der Waals surface area contributed by atoms with Crippen molar-refractivity contribution in [2.24, 2.45) is 5.73 Å². The molecule has 1 heterocycles. The van der Waals surface area contributed by atoms with E-state index in [4.69, 9.17) is 11.0 Å². The standard InChI is InChI=1S/C8H7F2N3O/c9-7(10)5-1-4(2-11)13-8(14)6(5)3-12/h1,7H,2,11H2,(H,13,14). The minimum absolute atomic E-state index is 0.0549. The van der Waals surface area contributed by atoms with Crippen LogP contribution in [0.2, 0.25) is 0 Å². The lowest BCUT2D eigenvalue weighted by atomic mass is 10.1. The predicted octanol–water partition coefficient (Wildman–Crippen LogP) is 0.643. The second-order valence-electron chi connectivity index (χ2n) is 2.57. The molecule has 0 aliphatic heterocycles. The molecule has 74 valence electrons. The van der Waals surface area contributed by atoms with Crippen molar-refractivity contribution in [1.29, 1.82) is 5.26 Å². The van der Waals surface area contributed by atoms with Crippen LogP contribution in [-0.4, -0.2) is 4.98 Å². The molecule has 1 rings (SSSR count). The van der Waals surface area contributed by atoms with Crippen molar-refractivity contribution in [3.8, 4) is 6.07 Å². The number of nitrogens with two attached hydrogens (primary N) is 1. The first-order valence-electron chi connectivity index (χ1n) is 3.74. The van der Waals surface area contributed by atoms with E-state index in [0.717, 1.165) is 6.07 Å². The first-order valence-corrected chi connectivity index (χ1v) is 3.74. The van der Waals surface area contributed by atoms with Crippen molar-refractivity contribution in [2.45, 2.75) is 13.0 Å². The van der Waals surface area contributed by atoms with E-state index in [1.807, 2.05) is 0 Å². The zero-order valence-corrected chi connectivity index (χ0v) is 7.05. The molecule has 0 spiro atoms. The number of alkyl halides is 2. The highest BCUT2D eigenvalue weighted by Crippen LogP contribution is 2.20. The number of hydrogen-bond donors (Lipinski definition) is 2. The van der Waals surface area contributed by atoms with Crippen LogP contribution in [0.4, 0.5) is 8.78 Å². The number of halogens is 2. The largest absolute Gasteiger partial charge is 0.325 e. The van der Waals surface area contributed by atoms with Gasteiger partial charge in [0, 0.05) is 17.8 Å². The molecular formula is C8H7F2N3O. The Morgan fingerprint density at radius 3 is 2.71 bits per heavy atom. The van der Waals surface area contributed by atoms with E-state index in [9.17, 15) is 13.6 Å². The topological polar surface area (TPSA) is 82.7 Å². The quantitative estimate of drug-likeness (QED) is 0.733. The molecule has 3 N–H and O–H groups in total. The molecule has 0 fully saturated rings. The lowest BCUT2D eigenvalue weighted by Gasteiger charge is -2.04. The van der Waals surface area contributed by atoms with E-state index in [0.29, 0.717) is 0 Å². The molecule has 6 heteroatoms. The maximum absolute atomic E-state index is 12.4. The lowest BCUT2D eigenvalue weighted by Crippen LogP contribution is -2.17. The van der Waals surface area contributed by atoms with Crippen LogP contribution >= 0.6 is 0 Å². The summed E-state index contributed by atoms with van der Waals surface area (Å²) in [4.78, 5) is 13.3. The molecule has 0 atom stereocenters. The second-order valence-corrected chi connectivity index (χ2v) is 2.57. The van der Waals surface area contributed by atoms with Gasteiger partial charge in [-0.3, -0.25) is 4.79 Å². The number of rotatable bonds is 2. The molecule has 0 amide bonds. The first-order chi connectivity index (χ1) is 6.60. The third-order valence-corrected chi connectivity index (χ3v) is 1.69. The van der Waals surface area contributed by atoms with Crippen molar-refractivity contribution in [3.63, 3.8) is 0 Å². The van der Waals surface area contributed by atoms with Crippen molar-refractivity contribution >= 4 is 0 Å². The maximum Gasteiger partial charge on any atom is 0.266 e. The maximum atomic E-state index is 12.4. The number of nitriles is 1. The third kappa shape index (κ3) is 1.78. The predicted molar refractivity (Wildman–Crippen MR) is 44.6 cm³/mol. The lowest BCUT2D eigenvalue weighted by molar-refractivity contribution is 0.150. The third-order valence-electron chi connectivity index (χ3n) is 1.69. The van der Waals surface area contributed by atoms with Gasteiger partial charge in [-0.2, -0.15) is 5.26 Å². The summed E-state index contributed by atoms with van der Waals surface area (Å²) < 4.78 is 24.7. The summed E-state index contributed by atoms with van der Waals surface area (Å²) >= 11 is 0. The second kappa shape index (κ2) is 3.98. The van der Waals surface area contributed by atoms with E-state index >= 15 is 0 Å². The van der Waals surface area contributed by atoms with Crippen LogP contribution in [0.1, 0.15) is 23.2 Å². The van der Waals surface area contributed by atoms with Crippen LogP contribution in [0.25, 0.3) is 0 Å². The minimum Gasteiger partial charge on any atom is -0.325 e. The Kier molecular flexibility index (Phi) is 2.94. The Balaban J connectivity index is 3.46. The molecule has 0 radical (unpaired) electrons. The van der Waals surface area contributed by atoms with Crippen molar-refractivity contribution in [3.05, 3.63) is 33.2 Å². The molecule has 0 aliphatic rings.